The molecular formula is C93H64N4O2P2. The maximum absolute atomic E-state index is 15.4. The van der Waals surface area contributed by atoms with Gasteiger partial charge in [0.25, 0.3) is 0 Å². The third-order valence-electron chi connectivity index (χ3n) is 21.1. The molecule has 15 aromatic carbocycles. The SMILES string of the molecule is CC1(C)c2cc(-c3ccc4c5ccccc5n5c6ccccc6nc5c4c3)ccc2-c2ccc(P(=O)(c3ccccc3)c3ccccc3)cc21.O=P(c1ccccc1)(c1ccccc1)c1cccc2c(-c3ccc(-c4ccc5c6ccccc6n6c7ccccc7nc6c5c4)cc3)cccc12. The molecule has 0 amide bonds. The van der Waals surface area contributed by atoms with Gasteiger partial charge < -0.3 is 9.13 Å². The Morgan fingerprint density at radius 1 is 0.257 bits per heavy atom. The molecule has 101 heavy (non-hydrogen) atoms. The Kier molecular flexibility index (Phi) is 14.0. The zero-order valence-corrected chi connectivity index (χ0v) is 57.3. The first-order valence-electron chi connectivity index (χ1n) is 34.4. The molecule has 0 fully saturated rings. The lowest BCUT2D eigenvalue weighted by molar-refractivity contribution is 0.591. The van der Waals surface area contributed by atoms with Crippen molar-refractivity contribution in [2.75, 3.05) is 0 Å². The molecule has 4 aromatic heterocycles. The molecule has 6 nitrogen and oxygen atoms in total. The summed E-state index contributed by atoms with van der Waals surface area (Å²) < 4.78 is 35.2. The largest absolute Gasteiger partial charge is 0.309 e. The van der Waals surface area contributed by atoms with E-state index in [-0.39, 0.29) is 5.41 Å². The van der Waals surface area contributed by atoms with Gasteiger partial charge in [0.2, 0.25) is 0 Å². The van der Waals surface area contributed by atoms with Crippen LogP contribution >= 0.6 is 14.3 Å². The predicted molar refractivity (Wildman–Crippen MR) is 426 cm³/mol. The zero-order valence-electron chi connectivity index (χ0n) is 55.5. The number of pyridine rings is 2. The highest BCUT2D eigenvalue weighted by Gasteiger charge is 2.39. The van der Waals surface area contributed by atoms with E-state index in [1.807, 2.05) is 140 Å². The van der Waals surface area contributed by atoms with Gasteiger partial charge in [-0.25, -0.2) is 9.97 Å². The van der Waals surface area contributed by atoms with Gasteiger partial charge in [0.1, 0.15) is 11.3 Å². The summed E-state index contributed by atoms with van der Waals surface area (Å²) in [5.74, 6) is 0. The third kappa shape index (κ3) is 9.47. The summed E-state index contributed by atoms with van der Waals surface area (Å²) in [5, 5.41) is 14.3. The van der Waals surface area contributed by atoms with Crippen molar-refractivity contribution < 1.29 is 9.13 Å². The maximum Gasteiger partial charge on any atom is 0.171 e. The molecule has 478 valence electrons. The molecule has 0 aliphatic heterocycles. The highest BCUT2D eigenvalue weighted by Crippen LogP contribution is 2.53. The summed E-state index contributed by atoms with van der Waals surface area (Å²) in [6.45, 7) is 4.60. The number of nitrogens with zero attached hydrogens (tertiary/aromatic N) is 4. The molecule has 0 spiro atoms. The first-order chi connectivity index (χ1) is 49.6. The van der Waals surface area contributed by atoms with Crippen LogP contribution in [-0.2, 0) is 14.5 Å². The summed E-state index contributed by atoms with van der Waals surface area (Å²) in [6, 6.07) is 122. The van der Waals surface area contributed by atoms with Crippen LogP contribution in [0.15, 0.2) is 352 Å². The van der Waals surface area contributed by atoms with Crippen LogP contribution in [-0.4, -0.2) is 18.8 Å². The molecule has 8 heteroatoms. The topological polar surface area (TPSA) is 68.7 Å². The average molecular weight is 1330 g/mol. The lowest BCUT2D eigenvalue weighted by atomic mass is 9.81. The molecule has 1 aliphatic rings. The highest BCUT2D eigenvalue weighted by molar-refractivity contribution is 7.86. The van der Waals surface area contributed by atoms with Crippen LogP contribution in [0, 0.1) is 0 Å². The molecule has 1 aliphatic carbocycles. The van der Waals surface area contributed by atoms with Crippen LogP contribution in [0.5, 0.6) is 0 Å². The number of hydrogen-bond acceptors (Lipinski definition) is 4. The summed E-state index contributed by atoms with van der Waals surface area (Å²) in [5.41, 5.74) is 20.0. The minimum atomic E-state index is -3.15. The predicted octanol–water partition coefficient (Wildman–Crippen LogP) is 21.3. The van der Waals surface area contributed by atoms with Crippen molar-refractivity contribution in [3.63, 3.8) is 0 Å². The Labute approximate surface area is 584 Å². The Hall–Kier alpha value is -12.0. The van der Waals surface area contributed by atoms with Crippen molar-refractivity contribution in [2.45, 2.75) is 19.3 Å². The number of rotatable bonds is 9. The van der Waals surface area contributed by atoms with Gasteiger partial charge in [0, 0.05) is 58.8 Å². The van der Waals surface area contributed by atoms with Gasteiger partial charge in [0.15, 0.2) is 14.3 Å². The smallest absolute Gasteiger partial charge is 0.171 e. The van der Waals surface area contributed by atoms with Crippen molar-refractivity contribution in [3.05, 3.63) is 363 Å². The molecule has 0 atom stereocenters. The quantitative estimate of drug-likeness (QED) is 0.107. The van der Waals surface area contributed by atoms with Gasteiger partial charge in [-0.05, 0) is 138 Å². The molecule has 0 unspecified atom stereocenters. The summed E-state index contributed by atoms with van der Waals surface area (Å²) >= 11 is 0. The normalized spacial score (nSPS) is 12.8. The van der Waals surface area contributed by atoms with Crippen molar-refractivity contribution >= 4 is 134 Å². The van der Waals surface area contributed by atoms with Crippen molar-refractivity contribution in [2.24, 2.45) is 0 Å². The molecule has 0 N–H and O–H groups in total. The molecular weight excluding hydrogens is 1270 g/mol. The molecule has 20 rings (SSSR count). The minimum absolute atomic E-state index is 0.282. The second-order valence-electron chi connectivity index (χ2n) is 27.0. The summed E-state index contributed by atoms with van der Waals surface area (Å²) in [6.07, 6.45) is 0. The lowest BCUT2D eigenvalue weighted by Crippen LogP contribution is -2.26. The highest BCUT2D eigenvalue weighted by atomic mass is 31.2. The fourth-order valence-corrected chi connectivity index (χ4v) is 21.7. The van der Waals surface area contributed by atoms with Gasteiger partial charge in [-0.15, -0.1) is 0 Å². The third-order valence-corrected chi connectivity index (χ3v) is 27.3. The van der Waals surface area contributed by atoms with Crippen LogP contribution in [0.2, 0.25) is 0 Å². The van der Waals surface area contributed by atoms with E-state index in [1.165, 1.54) is 49.4 Å². The first-order valence-corrected chi connectivity index (χ1v) is 37.8. The Morgan fingerprint density at radius 3 is 1.18 bits per heavy atom. The van der Waals surface area contributed by atoms with Crippen LogP contribution in [0.25, 0.3) is 132 Å². The van der Waals surface area contributed by atoms with E-state index in [2.05, 4.69) is 235 Å². The molecule has 4 heterocycles. The Balaban J connectivity index is 0.000000140. The van der Waals surface area contributed by atoms with E-state index in [0.29, 0.717) is 0 Å². The van der Waals surface area contributed by atoms with Crippen LogP contribution in [0.4, 0.5) is 0 Å². The molecule has 0 saturated heterocycles. The Bertz CT molecular complexity index is 6580. The maximum atomic E-state index is 15.4. The van der Waals surface area contributed by atoms with Gasteiger partial charge in [-0.2, -0.15) is 0 Å². The van der Waals surface area contributed by atoms with E-state index in [0.717, 1.165) is 126 Å². The number of aromatic nitrogens is 4. The van der Waals surface area contributed by atoms with E-state index >= 15 is 9.13 Å². The fraction of sp³-hybridized carbons (Fsp3) is 0.0323. The molecule has 0 radical (unpaired) electrons. The van der Waals surface area contributed by atoms with E-state index in [4.69, 9.17) is 9.97 Å². The van der Waals surface area contributed by atoms with E-state index in [1.54, 1.807) is 0 Å². The molecule has 0 saturated carbocycles. The van der Waals surface area contributed by atoms with Crippen LogP contribution in [0.1, 0.15) is 25.0 Å². The van der Waals surface area contributed by atoms with E-state index < -0.39 is 14.3 Å². The number of fused-ring (bicyclic) bond motifs is 20. The van der Waals surface area contributed by atoms with Gasteiger partial charge in [-0.3, -0.25) is 8.80 Å². The summed E-state index contributed by atoms with van der Waals surface area (Å²) in [4.78, 5) is 10.3. The first kappa shape index (κ1) is 60.2. The lowest BCUT2D eigenvalue weighted by Gasteiger charge is -2.25. The van der Waals surface area contributed by atoms with Crippen molar-refractivity contribution in [1.82, 2.24) is 18.8 Å². The number of para-hydroxylation sites is 6. The van der Waals surface area contributed by atoms with Gasteiger partial charge in [0.05, 0.1) is 33.1 Å². The average Bonchev–Trinajstić information content (AvgIpc) is 1.65. The van der Waals surface area contributed by atoms with Gasteiger partial charge in [-0.1, -0.05) is 305 Å². The van der Waals surface area contributed by atoms with Gasteiger partial charge >= 0.3 is 0 Å². The number of imidazole rings is 2. The number of hydrogen-bond donors (Lipinski definition) is 0. The second-order valence-corrected chi connectivity index (χ2v) is 32.5. The van der Waals surface area contributed by atoms with Crippen LogP contribution < -0.4 is 31.8 Å². The Morgan fingerprint density at radius 2 is 0.644 bits per heavy atom. The van der Waals surface area contributed by atoms with Crippen molar-refractivity contribution in [3.8, 4) is 44.5 Å². The van der Waals surface area contributed by atoms with E-state index in [9.17, 15) is 0 Å². The molecule has 19 aromatic rings. The standard InChI is InChI=1S/C47H31N2OP.C46H33N2OP/c50-51(35-13-3-1-4-14-35,36-15-5-2-6-16-36)46-24-12-19-38-37(18-11-20-41(38)46)33-27-25-32(26-28-33)34-29-30-39-40-17-7-9-22-44(40)49-45-23-10-8-21-43(45)48-47(49)42(39)31-34;1-46(2)40-28-31(30-21-24-35-38-17-9-11-19-43(38)48-44-20-12-10-18-42(44)47-45(48)39(35)27-30)22-25-36(40)37-26-23-34(29-41(37)46)50(49,32-13-5-3-6-14-32)33-15-7-4-8-16-33/h1-31H;3-29H,1-2H3. The van der Waals surface area contributed by atoms with Crippen molar-refractivity contribution in [1.29, 1.82) is 0 Å². The summed E-state index contributed by atoms with van der Waals surface area (Å²) in [7, 11) is -6.25. The monoisotopic (exact) mass is 1330 g/mol. The minimum Gasteiger partial charge on any atom is -0.309 e. The second kappa shape index (κ2) is 23.6. The number of benzene rings is 15. The fourth-order valence-electron chi connectivity index (χ4n) is 16.2. The molecule has 0 bridgehead atoms. The van der Waals surface area contributed by atoms with Crippen LogP contribution in [0.3, 0.4) is 0 Å². The zero-order chi connectivity index (χ0) is 67.6.